The maximum absolute atomic E-state index is 9.21. The second-order valence-corrected chi connectivity index (χ2v) is 3.77. The van der Waals surface area contributed by atoms with E-state index in [0.717, 1.165) is 45.4 Å². The summed E-state index contributed by atoms with van der Waals surface area (Å²) >= 11 is 0. The predicted molar refractivity (Wildman–Crippen MR) is 62.7 cm³/mol. The number of hydrogen-bond acceptors (Lipinski definition) is 3. The molecule has 0 bridgehead atoms. The van der Waals surface area contributed by atoms with Crippen molar-refractivity contribution in [1.29, 1.82) is 5.26 Å². The molecule has 3 nitrogen and oxygen atoms in total. The molecule has 0 fully saturated rings. The van der Waals surface area contributed by atoms with E-state index < -0.39 is 0 Å². The zero-order valence-electron chi connectivity index (χ0n) is 10.3. The van der Waals surface area contributed by atoms with Gasteiger partial charge in [-0.3, -0.25) is 5.32 Å². The monoisotopic (exact) mass is 212 g/mol. The molecule has 0 amide bonds. The summed E-state index contributed by atoms with van der Waals surface area (Å²) in [7, 11) is 0. The summed E-state index contributed by atoms with van der Waals surface area (Å²) in [6.45, 7) is 8.60. The van der Waals surface area contributed by atoms with Gasteiger partial charge in [-0.15, -0.1) is 0 Å². The van der Waals surface area contributed by atoms with Crippen LogP contribution in [-0.2, 0) is 4.74 Å². The summed E-state index contributed by atoms with van der Waals surface area (Å²) in [5.74, 6) is 0. The van der Waals surface area contributed by atoms with Crippen LogP contribution in [0.4, 0.5) is 0 Å². The first-order valence-corrected chi connectivity index (χ1v) is 5.98. The smallest absolute Gasteiger partial charge is 0.106 e. The number of hydrogen-bond donors (Lipinski definition) is 1. The highest BCUT2D eigenvalue weighted by atomic mass is 16.5. The van der Waals surface area contributed by atoms with E-state index in [0.29, 0.717) is 0 Å². The second kappa shape index (κ2) is 8.70. The number of nitrogens with zero attached hydrogens (tertiary/aromatic N) is 1. The average Bonchev–Trinajstić information content (AvgIpc) is 2.29. The van der Waals surface area contributed by atoms with Crippen LogP contribution in [0, 0.1) is 11.3 Å². The molecule has 0 aliphatic rings. The van der Waals surface area contributed by atoms with Crippen LogP contribution in [0.3, 0.4) is 0 Å². The van der Waals surface area contributed by atoms with Gasteiger partial charge in [0, 0.05) is 13.2 Å². The first kappa shape index (κ1) is 14.4. The van der Waals surface area contributed by atoms with Gasteiger partial charge in [0.15, 0.2) is 0 Å². The zero-order chi connectivity index (χ0) is 11.6. The van der Waals surface area contributed by atoms with Crippen LogP contribution in [-0.4, -0.2) is 25.3 Å². The molecule has 1 unspecified atom stereocenters. The maximum Gasteiger partial charge on any atom is 0.106 e. The molecule has 0 aliphatic heterocycles. The van der Waals surface area contributed by atoms with E-state index >= 15 is 0 Å². The number of nitriles is 1. The molecule has 3 heteroatoms. The third kappa shape index (κ3) is 5.76. The zero-order valence-corrected chi connectivity index (χ0v) is 10.3. The molecule has 0 heterocycles. The van der Waals surface area contributed by atoms with Crippen LogP contribution in [0.5, 0.6) is 0 Å². The Morgan fingerprint density at radius 2 is 2.07 bits per heavy atom. The van der Waals surface area contributed by atoms with Gasteiger partial charge in [-0.25, -0.2) is 0 Å². The van der Waals surface area contributed by atoms with Gasteiger partial charge in [-0.2, -0.15) is 5.26 Å². The highest BCUT2D eigenvalue weighted by molar-refractivity contribution is 5.05. The van der Waals surface area contributed by atoms with Crippen molar-refractivity contribution in [1.82, 2.24) is 5.32 Å². The van der Waals surface area contributed by atoms with E-state index in [1.54, 1.807) is 0 Å². The summed E-state index contributed by atoms with van der Waals surface area (Å²) < 4.78 is 5.29. The number of nitrogens with one attached hydrogen (secondary N) is 1. The van der Waals surface area contributed by atoms with Crippen molar-refractivity contribution in [2.45, 2.75) is 52.0 Å². The maximum atomic E-state index is 9.21. The predicted octanol–water partition coefficient (Wildman–Crippen LogP) is 2.48. The van der Waals surface area contributed by atoms with E-state index in [1.165, 1.54) is 0 Å². The van der Waals surface area contributed by atoms with Gasteiger partial charge in [0.1, 0.15) is 5.54 Å². The molecular weight excluding hydrogens is 188 g/mol. The third-order valence-corrected chi connectivity index (χ3v) is 2.63. The largest absolute Gasteiger partial charge is 0.382 e. The van der Waals surface area contributed by atoms with E-state index in [-0.39, 0.29) is 5.54 Å². The van der Waals surface area contributed by atoms with Crippen LogP contribution >= 0.6 is 0 Å². The number of rotatable bonds is 9. The van der Waals surface area contributed by atoms with Gasteiger partial charge in [-0.05, 0) is 39.2 Å². The normalized spacial score (nSPS) is 14.5. The highest BCUT2D eigenvalue weighted by Gasteiger charge is 2.25. The van der Waals surface area contributed by atoms with Crippen molar-refractivity contribution in [3.8, 4) is 6.07 Å². The SMILES string of the molecule is CCCNC(C#N)(CC)CCCOCC. The van der Waals surface area contributed by atoms with Crippen LogP contribution in [0.1, 0.15) is 46.5 Å². The lowest BCUT2D eigenvalue weighted by molar-refractivity contribution is 0.137. The molecule has 0 spiro atoms. The van der Waals surface area contributed by atoms with Crippen molar-refractivity contribution in [2.75, 3.05) is 19.8 Å². The van der Waals surface area contributed by atoms with Crippen molar-refractivity contribution in [2.24, 2.45) is 0 Å². The van der Waals surface area contributed by atoms with E-state index in [4.69, 9.17) is 4.74 Å². The Labute approximate surface area is 93.8 Å². The molecule has 0 radical (unpaired) electrons. The lowest BCUT2D eigenvalue weighted by Crippen LogP contribution is -2.43. The minimum absolute atomic E-state index is 0.340. The first-order valence-electron chi connectivity index (χ1n) is 5.98. The van der Waals surface area contributed by atoms with Crippen LogP contribution in [0.25, 0.3) is 0 Å². The lowest BCUT2D eigenvalue weighted by Gasteiger charge is -2.26. The summed E-state index contributed by atoms with van der Waals surface area (Å²) in [6.07, 6.45) is 3.75. The van der Waals surface area contributed by atoms with Gasteiger partial charge in [0.2, 0.25) is 0 Å². The van der Waals surface area contributed by atoms with Gasteiger partial charge in [0.05, 0.1) is 6.07 Å². The Morgan fingerprint density at radius 3 is 2.53 bits per heavy atom. The highest BCUT2D eigenvalue weighted by Crippen LogP contribution is 2.16. The Hall–Kier alpha value is -0.590. The first-order chi connectivity index (χ1) is 7.24. The summed E-state index contributed by atoms with van der Waals surface area (Å²) in [4.78, 5) is 0. The average molecular weight is 212 g/mol. The fourth-order valence-corrected chi connectivity index (χ4v) is 1.55. The van der Waals surface area contributed by atoms with Crippen molar-refractivity contribution in [3.05, 3.63) is 0 Å². The molecule has 0 aromatic heterocycles. The van der Waals surface area contributed by atoms with Crippen molar-refractivity contribution < 1.29 is 4.74 Å². The van der Waals surface area contributed by atoms with E-state index in [9.17, 15) is 5.26 Å². The summed E-state index contributed by atoms with van der Waals surface area (Å²) in [6, 6.07) is 2.41. The molecule has 0 aromatic rings. The minimum atomic E-state index is -0.340. The fraction of sp³-hybridized carbons (Fsp3) is 0.917. The van der Waals surface area contributed by atoms with Gasteiger partial charge >= 0.3 is 0 Å². The van der Waals surface area contributed by atoms with Crippen LogP contribution in [0.15, 0.2) is 0 Å². The quantitative estimate of drug-likeness (QED) is 0.597. The molecule has 15 heavy (non-hydrogen) atoms. The lowest BCUT2D eigenvalue weighted by atomic mass is 9.92. The standard InChI is InChI=1S/C12H24N2O/c1-4-9-14-12(5-2,11-13)8-7-10-15-6-3/h14H,4-10H2,1-3H3. The summed E-state index contributed by atoms with van der Waals surface area (Å²) in [5, 5.41) is 12.5. The molecular formula is C12H24N2O. The molecule has 1 atom stereocenters. The molecule has 88 valence electrons. The Bertz CT molecular complexity index is 189. The van der Waals surface area contributed by atoms with E-state index in [2.05, 4.69) is 25.2 Å². The minimum Gasteiger partial charge on any atom is -0.382 e. The number of ether oxygens (including phenoxy) is 1. The molecule has 0 rings (SSSR count). The van der Waals surface area contributed by atoms with Crippen molar-refractivity contribution in [3.63, 3.8) is 0 Å². The van der Waals surface area contributed by atoms with Crippen molar-refractivity contribution >= 4 is 0 Å². The van der Waals surface area contributed by atoms with E-state index in [1.807, 2.05) is 6.92 Å². The Morgan fingerprint density at radius 1 is 1.33 bits per heavy atom. The van der Waals surface area contributed by atoms with Gasteiger partial charge in [-0.1, -0.05) is 13.8 Å². The van der Waals surface area contributed by atoms with Gasteiger partial charge < -0.3 is 4.74 Å². The molecule has 0 aliphatic carbocycles. The second-order valence-electron chi connectivity index (χ2n) is 3.77. The molecule has 0 saturated carbocycles. The Balaban J connectivity index is 3.96. The fourth-order valence-electron chi connectivity index (χ4n) is 1.55. The molecule has 0 saturated heterocycles. The Kier molecular flexibility index (Phi) is 8.35. The topological polar surface area (TPSA) is 45.0 Å². The summed E-state index contributed by atoms with van der Waals surface area (Å²) in [5.41, 5.74) is -0.340. The third-order valence-electron chi connectivity index (χ3n) is 2.63. The molecule has 0 aromatic carbocycles. The van der Waals surface area contributed by atoms with Crippen LogP contribution in [0.2, 0.25) is 0 Å². The molecule has 1 N–H and O–H groups in total. The van der Waals surface area contributed by atoms with Gasteiger partial charge in [0.25, 0.3) is 0 Å². The van der Waals surface area contributed by atoms with Crippen LogP contribution < -0.4 is 5.32 Å².